The maximum absolute atomic E-state index is 12.4. The number of para-hydroxylation sites is 1. The molecule has 0 saturated carbocycles. The second kappa shape index (κ2) is 9.79. The van der Waals surface area contributed by atoms with Crippen LogP contribution in [0.2, 0.25) is 0 Å². The first kappa shape index (κ1) is 19.0. The van der Waals surface area contributed by atoms with E-state index in [0.717, 1.165) is 16.8 Å². The van der Waals surface area contributed by atoms with E-state index in [9.17, 15) is 4.79 Å². The molecule has 3 rings (SSSR count). The van der Waals surface area contributed by atoms with E-state index in [1.807, 2.05) is 72.8 Å². The number of hydrogen-bond acceptors (Lipinski definition) is 4. The number of nitrogens with zero attached hydrogens (tertiary/aromatic N) is 2. The number of nitriles is 1. The number of benzene rings is 3. The summed E-state index contributed by atoms with van der Waals surface area (Å²) in [4.78, 5) is 12.4. The van der Waals surface area contributed by atoms with Gasteiger partial charge in [0.2, 0.25) is 0 Å². The Morgan fingerprint density at radius 1 is 0.893 bits per heavy atom. The monoisotopic (exact) mass is 371 g/mol. The molecule has 0 radical (unpaired) electrons. The standard InChI is InChI=1S/C23H21N3O2/c24-16-15-19-11-13-22(14-12-19)28-18-23(27)25-26(21-9-5-2-6-10-21)17-20-7-3-1-4-8-20/h1-14H,15,17-18H2,(H,25,27). The molecule has 0 unspecified atom stereocenters. The molecule has 0 aliphatic rings. The van der Waals surface area contributed by atoms with E-state index in [4.69, 9.17) is 10.00 Å². The lowest BCUT2D eigenvalue weighted by Gasteiger charge is -2.25. The van der Waals surface area contributed by atoms with E-state index in [2.05, 4.69) is 11.5 Å². The fourth-order valence-corrected chi connectivity index (χ4v) is 2.70. The second-order valence-corrected chi connectivity index (χ2v) is 6.21. The average Bonchev–Trinajstić information content (AvgIpc) is 2.74. The van der Waals surface area contributed by atoms with Gasteiger partial charge in [-0.15, -0.1) is 0 Å². The molecule has 0 atom stereocenters. The van der Waals surface area contributed by atoms with Crippen LogP contribution in [0.3, 0.4) is 0 Å². The maximum Gasteiger partial charge on any atom is 0.276 e. The van der Waals surface area contributed by atoms with Crippen LogP contribution < -0.4 is 15.2 Å². The third kappa shape index (κ3) is 5.61. The lowest BCUT2D eigenvalue weighted by atomic mass is 10.2. The highest BCUT2D eigenvalue weighted by molar-refractivity contribution is 5.79. The molecule has 3 aromatic carbocycles. The van der Waals surface area contributed by atoms with Gasteiger partial charge in [0, 0.05) is 0 Å². The summed E-state index contributed by atoms with van der Waals surface area (Å²) >= 11 is 0. The third-order valence-electron chi connectivity index (χ3n) is 4.09. The van der Waals surface area contributed by atoms with Gasteiger partial charge in [0.05, 0.1) is 24.7 Å². The van der Waals surface area contributed by atoms with Crippen LogP contribution in [0.1, 0.15) is 11.1 Å². The Morgan fingerprint density at radius 2 is 1.54 bits per heavy atom. The van der Waals surface area contributed by atoms with Crippen LogP contribution in [0.4, 0.5) is 5.69 Å². The molecule has 0 heterocycles. The molecule has 5 heteroatoms. The number of carbonyl (C=O) groups is 1. The Kier molecular flexibility index (Phi) is 6.64. The molecule has 0 aromatic heterocycles. The molecule has 0 fully saturated rings. The van der Waals surface area contributed by atoms with Crippen LogP contribution in [-0.4, -0.2) is 12.5 Å². The first-order valence-corrected chi connectivity index (χ1v) is 8.99. The Labute approximate surface area is 164 Å². The largest absolute Gasteiger partial charge is 0.484 e. The highest BCUT2D eigenvalue weighted by Crippen LogP contribution is 2.15. The number of hydrazine groups is 1. The van der Waals surface area contributed by atoms with Gasteiger partial charge in [0.25, 0.3) is 5.91 Å². The Hall–Kier alpha value is -3.78. The molecule has 1 N–H and O–H groups in total. The van der Waals surface area contributed by atoms with Gasteiger partial charge in [-0.05, 0) is 35.4 Å². The van der Waals surface area contributed by atoms with Crippen molar-refractivity contribution in [3.8, 4) is 11.8 Å². The first-order valence-electron chi connectivity index (χ1n) is 8.99. The van der Waals surface area contributed by atoms with Crippen molar-refractivity contribution >= 4 is 11.6 Å². The van der Waals surface area contributed by atoms with Gasteiger partial charge in [-0.2, -0.15) is 5.26 Å². The lowest BCUT2D eigenvalue weighted by molar-refractivity contribution is -0.123. The summed E-state index contributed by atoms with van der Waals surface area (Å²) in [7, 11) is 0. The number of carbonyl (C=O) groups excluding carboxylic acids is 1. The summed E-state index contributed by atoms with van der Waals surface area (Å²) in [5.41, 5.74) is 5.80. The number of ether oxygens (including phenoxy) is 1. The summed E-state index contributed by atoms with van der Waals surface area (Å²) in [5, 5.41) is 10.5. The van der Waals surface area contributed by atoms with Gasteiger partial charge >= 0.3 is 0 Å². The van der Waals surface area contributed by atoms with Gasteiger partial charge < -0.3 is 4.74 Å². The first-order chi connectivity index (χ1) is 13.7. The molecule has 0 saturated heterocycles. The topological polar surface area (TPSA) is 65.4 Å². The molecule has 0 bridgehead atoms. The minimum Gasteiger partial charge on any atom is -0.484 e. The molecule has 0 spiro atoms. The molecule has 28 heavy (non-hydrogen) atoms. The number of nitrogens with one attached hydrogen (secondary N) is 1. The van der Waals surface area contributed by atoms with E-state index in [1.54, 1.807) is 17.1 Å². The molecule has 3 aromatic rings. The molecular formula is C23H21N3O2. The SMILES string of the molecule is N#CCc1ccc(OCC(=O)NN(Cc2ccccc2)c2ccccc2)cc1. The molecule has 5 nitrogen and oxygen atoms in total. The summed E-state index contributed by atoms with van der Waals surface area (Å²) in [6.07, 6.45) is 0.353. The predicted octanol–water partition coefficient (Wildman–Crippen LogP) is 3.87. The predicted molar refractivity (Wildman–Crippen MR) is 108 cm³/mol. The van der Waals surface area contributed by atoms with Crippen molar-refractivity contribution in [2.75, 3.05) is 11.6 Å². The molecule has 1 amide bonds. The van der Waals surface area contributed by atoms with Crippen molar-refractivity contribution in [3.63, 3.8) is 0 Å². The van der Waals surface area contributed by atoms with Crippen LogP contribution in [0.5, 0.6) is 5.75 Å². The van der Waals surface area contributed by atoms with Crippen molar-refractivity contribution in [1.82, 2.24) is 5.43 Å². The summed E-state index contributed by atoms with van der Waals surface area (Å²) in [6.45, 7) is 0.440. The van der Waals surface area contributed by atoms with Crippen LogP contribution in [-0.2, 0) is 17.8 Å². The zero-order valence-corrected chi connectivity index (χ0v) is 15.4. The van der Waals surface area contributed by atoms with Gasteiger partial charge in [-0.1, -0.05) is 60.7 Å². The molecule has 140 valence electrons. The van der Waals surface area contributed by atoms with Crippen LogP contribution in [0.25, 0.3) is 0 Å². The molecular weight excluding hydrogens is 350 g/mol. The number of amides is 1. The number of anilines is 1. The Bertz CT molecular complexity index is 920. The minimum atomic E-state index is -0.249. The van der Waals surface area contributed by atoms with Crippen molar-refractivity contribution in [2.45, 2.75) is 13.0 Å². The van der Waals surface area contributed by atoms with Crippen LogP contribution in [0.15, 0.2) is 84.9 Å². The zero-order valence-electron chi connectivity index (χ0n) is 15.4. The summed E-state index contributed by atoms with van der Waals surface area (Å²) < 4.78 is 5.57. The van der Waals surface area contributed by atoms with E-state index >= 15 is 0 Å². The number of rotatable bonds is 8. The minimum absolute atomic E-state index is 0.101. The van der Waals surface area contributed by atoms with E-state index in [-0.39, 0.29) is 12.5 Å². The normalized spacial score (nSPS) is 9.96. The number of hydrogen-bond donors (Lipinski definition) is 1. The molecule has 0 aliphatic carbocycles. The second-order valence-electron chi connectivity index (χ2n) is 6.21. The van der Waals surface area contributed by atoms with E-state index in [1.165, 1.54) is 0 Å². The summed E-state index contributed by atoms with van der Waals surface area (Å²) in [6, 6.07) is 28.9. The van der Waals surface area contributed by atoms with Crippen molar-refractivity contribution < 1.29 is 9.53 Å². The quantitative estimate of drug-likeness (QED) is 0.611. The van der Waals surface area contributed by atoms with Crippen molar-refractivity contribution in [1.29, 1.82) is 5.26 Å². The highest BCUT2D eigenvalue weighted by atomic mass is 16.5. The fourth-order valence-electron chi connectivity index (χ4n) is 2.70. The maximum atomic E-state index is 12.4. The van der Waals surface area contributed by atoms with Gasteiger partial charge in [-0.25, -0.2) is 0 Å². The van der Waals surface area contributed by atoms with Crippen molar-refractivity contribution in [3.05, 3.63) is 96.1 Å². The van der Waals surface area contributed by atoms with Crippen molar-refractivity contribution in [2.24, 2.45) is 0 Å². The average molecular weight is 371 g/mol. The Balaban J connectivity index is 1.61. The smallest absolute Gasteiger partial charge is 0.276 e. The third-order valence-corrected chi connectivity index (χ3v) is 4.09. The fraction of sp³-hybridized carbons (Fsp3) is 0.130. The zero-order chi connectivity index (χ0) is 19.6. The summed E-state index contributed by atoms with van der Waals surface area (Å²) in [5.74, 6) is 0.340. The van der Waals surface area contributed by atoms with Gasteiger partial charge in [0.15, 0.2) is 6.61 Å². The highest BCUT2D eigenvalue weighted by Gasteiger charge is 2.12. The van der Waals surface area contributed by atoms with Crippen LogP contribution >= 0.6 is 0 Å². The Morgan fingerprint density at radius 3 is 2.18 bits per heavy atom. The van der Waals surface area contributed by atoms with E-state index < -0.39 is 0 Å². The van der Waals surface area contributed by atoms with Gasteiger partial charge in [-0.3, -0.25) is 15.2 Å². The van der Waals surface area contributed by atoms with Crippen LogP contribution in [0, 0.1) is 11.3 Å². The van der Waals surface area contributed by atoms with Gasteiger partial charge in [0.1, 0.15) is 5.75 Å². The lowest BCUT2D eigenvalue weighted by Crippen LogP contribution is -2.44. The molecule has 0 aliphatic heterocycles. The van der Waals surface area contributed by atoms with E-state index in [0.29, 0.717) is 18.7 Å².